The lowest BCUT2D eigenvalue weighted by molar-refractivity contribution is -0.112. The van der Waals surface area contributed by atoms with E-state index in [2.05, 4.69) is 25.9 Å². The number of piperidine rings is 1. The van der Waals surface area contributed by atoms with Crippen LogP contribution in [0.5, 0.6) is 11.6 Å². The van der Waals surface area contributed by atoms with Crippen molar-refractivity contribution >= 4 is 28.3 Å². The van der Waals surface area contributed by atoms with E-state index >= 15 is 0 Å². The zero-order chi connectivity index (χ0) is 28.1. The normalized spacial score (nSPS) is 15.8. The highest BCUT2D eigenvalue weighted by Gasteiger charge is 2.23. The van der Waals surface area contributed by atoms with E-state index in [0.717, 1.165) is 31.5 Å². The van der Waals surface area contributed by atoms with Crippen molar-refractivity contribution in [3.05, 3.63) is 78.6 Å². The fourth-order valence-electron chi connectivity index (χ4n) is 4.53. The summed E-state index contributed by atoms with van der Waals surface area (Å²) in [5, 5.41) is 10.5. The second-order valence-electron chi connectivity index (χ2n) is 9.39. The minimum absolute atomic E-state index is 0.102. The first-order chi connectivity index (χ1) is 19.3. The molecule has 1 aliphatic rings. The van der Waals surface area contributed by atoms with Gasteiger partial charge in [0.2, 0.25) is 17.7 Å². The number of aryl methyl sites for hydroxylation is 1. The maximum Gasteiger partial charge on any atom is 0.409 e. The molecule has 0 spiro atoms. The maximum absolute atomic E-state index is 12.5. The number of hydrogen-bond donors (Lipinski definition) is 3. The number of rotatable bonds is 7. The van der Waals surface area contributed by atoms with Gasteiger partial charge in [-0.3, -0.25) is 4.79 Å². The summed E-state index contributed by atoms with van der Waals surface area (Å²) < 4.78 is 43.8. The average Bonchev–Trinajstić information content (AvgIpc) is 2.94. The minimum Gasteiger partial charge on any atom is -0.437 e. The topological polar surface area (TPSA) is 101 Å². The third kappa shape index (κ3) is 6.55. The molecular formula is C29H27F3N6O2. The minimum atomic E-state index is -4.58. The lowest BCUT2D eigenvalue weighted by Gasteiger charge is -2.23. The number of allylic oxidation sites excluding steroid dienone is 1. The second kappa shape index (κ2) is 11.7. The number of anilines is 2. The molecule has 2 aromatic heterocycles. The van der Waals surface area contributed by atoms with Crippen molar-refractivity contribution in [2.45, 2.75) is 32.0 Å². The Kier molecular flexibility index (Phi) is 7.92. The lowest BCUT2D eigenvalue weighted by Crippen LogP contribution is -2.38. The van der Waals surface area contributed by atoms with Crippen molar-refractivity contribution in [3.8, 4) is 22.9 Å². The number of amides is 1. The number of carbonyl (C=O) groups is 1. The Morgan fingerprint density at radius 2 is 1.95 bits per heavy atom. The number of hydrogen-bond acceptors (Lipinski definition) is 7. The number of alkyl halides is 3. The molecule has 8 nitrogen and oxygen atoms in total. The van der Waals surface area contributed by atoms with Gasteiger partial charge in [-0.25, -0.2) is 15.0 Å². The molecule has 2 aromatic carbocycles. The van der Waals surface area contributed by atoms with Gasteiger partial charge >= 0.3 is 6.18 Å². The van der Waals surface area contributed by atoms with Crippen molar-refractivity contribution in [1.82, 2.24) is 20.3 Å². The van der Waals surface area contributed by atoms with Crippen LogP contribution >= 0.6 is 0 Å². The van der Waals surface area contributed by atoms with Gasteiger partial charge in [-0.05, 0) is 56.1 Å². The highest BCUT2D eigenvalue weighted by atomic mass is 19.4. The van der Waals surface area contributed by atoms with E-state index in [9.17, 15) is 18.0 Å². The average molecular weight is 549 g/mol. The molecule has 0 saturated carbocycles. The Balaban J connectivity index is 1.45. The number of nitrogens with one attached hydrogen (secondary N) is 3. The zero-order valence-electron chi connectivity index (χ0n) is 21.6. The van der Waals surface area contributed by atoms with Crippen LogP contribution < -0.4 is 20.7 Å². The summed E-state index contributed by atoms with van der Waals surface area (Å²) in [4.78, 5) is 25.7. The van der Waals surface area contributed by atoms with Gasteiger partial charge in [-0.1, -0.05) is 24.3 Å². The molecule has 40 heavy (non-hydrogen) atoms. The van der Waals surface area contributed by atoms with Crippen LogP contribution in [-0.4, -0.2) is 46.2 Å². The van der Waals surface area contributed by atoms with Gasteiger partial charge < -0.3 is 20.7 Å². The number of halogens is 3. The molecule has 0 radical (unpaired) electrons. The molecule has 4 aromatic rings. The molecular weight excluding hydrogens is 521 g/mol. The van der Waals surface area contributed by atoms with Crippen LogP contribution in [0.25, 0.3) is 22.0 Å². The van der Waals surface area contributed by atoms with Gasteiger partial charge in [-0.2, -0.15) is 13.2 Å². The standard InChI is InChI=1S/C29H27F3N6O2/c1-18-9-10-20-21(6-2-8-23(20)37-25(39)11-13-29(30,31)32)26(18)40-27-22(7-4-15-34-27)24-12-16-35-28(38-24)36-19-5-3-14-33-17-19/h2,4,6-13,15-16,19,33H,3,5,14,17H2,1H3,(H,37,39)(H,35,36,38). The summed E-state index contributed by atoms with van der Waals surface area (Å²) >= 11 is 0. The predicted molar refractivity (Wildman–Crippen MR) is 147 cm³/mol. The van der Waals surface area contributed by atoms with Crippen LogP contribution in [-0.2, 0) is 4.79 Å². The van der Waals surface area contributed by atoms with Gasteiger partial charge in [0.15, 0.2) is 0 Å². The third-order valence-corrected chi connectivity index (χ3v) is 6.42. The number of aromatic nitrogens is 3. The summed E-state index contributed by atoms with van der Waals surface area (Å²) in [6, 6.07) is 14.4. The predicted octanol–water partition coefficient (Wildman–Crippen LogP) is 6.01. The molecule has 1 atom stereocenters. The Morgan fingerprint density at radius 1 is 1.07 bits per heavy atom. The van der Waals surface area contributed by atoms with E-state index < -0.39 is 12.1 Å². The smallest absolute Gasteiger partial charge is 0.409 e. The molecule has 1 fully saturated rings. The van der Waals surface area contributed by atoms with Crippen LogP contribution in [0.15, 0.2) is 73.1 Å². The lowest BCUT2D eigenvalue weighted by atomic mass is 10.0. The van der Waals surface area contributed by atoms with Crippen molar-refractivity contribution in [3.63, 3.8) is 0 Å². The number of carbonyl (C=O) groups excluding carboxylic acids is 1. The quantitative estimate of drug-likeness (QED) is 0.243. The van der Waals surface area contributed by atoms with Crippen molar-refractivity contribution in [2.24, 2.45) is 0 Å². The van der Waals surface area contributed by atoms with E-state index in [1.165, 1.54) is 0 Å². The number of nitrogens with zero attached hydrogens (tertiary/aromatic N) is 3. The van der Waals surface area contributed by atoms with Crippen molar-refractivity contribution < 1.29 is 22.7 Å². The van der Waals surface area contributed by atoms with E-state index in [1.54, 1.807) is 42.7 Å². The van der Waals surface area contributed by atoms with Gasteiger partial charge in [0, 0.05) is 53.6 Å². The maximum atomic E-state index is 12.5. The monoisotopic (exact) mass is 548 g/mol. The summed E-state index contributed by atoms with van der Waals surface area (Å²) in [6.07, 6.45) is 1.19. The first-order valence-electron chi connectivity index (χ1n) is 12.8. The molecule has 1 amide bonds. The van der Waals surface area contributed by atoms with Crippen LogP contribution in [0.3, 0.4) is 0 Å². The molecule has 1 unspecified atom stereocenters. The molecule has 5 rings (SSSR count). The highest BCUT2D eigenvalue weighted by Crippen LogP contribution is 2.38. The SMILES string of the molecule is Cc1ccc2c(NC(=O)C=CC(F)(F)F)cccc2c1Oc1ncccc1-c1ccnc(NC2CCCNC2)n1. The Bertz CT molecular complexity index is 1550. The Labute approximate surface area is 228 Å². The van der Waals surface area contributed by atoms with Gasteiger partial charge in [0.25, 0.3) is 0 Å². The molecule has 3 heterocycles. The summed E-state index contributed by atoms with van der Waals surface area (Å²) in [7, 11) is 0. The molecule has 3 N–H and O–H groups in total. The fourth-order valence-corrected chi connectivity index (χ4v) is 4.53. The highest BCUT2D eigenvalue weighted by molar-refractivity contribution is 6.07. The first-order valence-corrected chi connectivity index (χ1v) is 12.8. The van der Waals surface area contributed by atoms with Crippen LogP contribution in [0.4, 0.5) is 24.8 Å². The summed E-state index contributed by atoms with van der Waals surface area (Å²) in [5.41, 5.74) is 2.45. The van der Waals surface area contributed by atoms with E-state index in [4.69, 9.17) is 9.72 Å². The zero-order valence-corrected chi connectivity index (χ0v) is 21.6. The fraction of sp³-hybridized carbons (Fsp3) is 0.241. The molecule has 0 aliphatic carbocycles. The van der Waals surface area contributed by atoms with Crippen molar-refractivity contribution in [1.29, 1.82) is 0 Å². The first kappa shape index (κ1) is 27.1. The van der Waals surface area contributed by atoms with E-state index in [0.29, 0.717) is 51.4 Å². The number of ether oxygens (including phenoxy) is 1. The molecule has 1 aliphatic heterocycles. The van der Waals surface area contributed by atoms with E-state index in [1.807, 2.05) is 25.1 Å². The molecule has 206 valence electrons. The van der Waals surface area contributed by atoms with Crippen LogP contribution in [0.1, 0.15) is 18.4 Å². The Hall–Kier alpha value is -4.51. The van der Waals surface area contributed by atoms with Gasteiger partial charge in [0.1, 0.15) is 5.75 Å². The number of fused-ring (bicyclic) bond motifs is 1. The number of benzene rings is 2. The molecule has 11 heteroatoms. The number of pyridine rings is 1. The Morgan fingerprint density at radius 3 is 2.75 bits per heavy atom. The van der Waals surface area contributed by atoms with Crippen LogP contribution in [0.2, 0.25) is 0 Å². The van der Waals surface area contributed by atoms with Crippen LogP contribution in [0, 0.1) is 6.92 Å². The third-order valence-electron chi connectivity index (χ3n) is 6.42. The second-order valence-corrected chi connectivity index (χ2v) is 9.39. The molecule has 1 saturated heterocycles. The summed E-state index contributed by atoms with van der Waals surface area (Å²) in [6.45, 7) is 3.72. The van der Waals surface area contributed by atoms with Gasteiger partial charge in [-0.15, -0.1) is 0 Å². The van der Waals surface area contributed by atoms with Gasteiger partial charge in [0.05, 0.1) is 11.3 Å². The van der Waals surface area contributed by atoms with E-state index in [-0.39, 0.29) is 12.1 Å². The summed E-state index contributed by atoms with van der Waals surface area (Å²) in [5.74, 6) is 0.448. The largest absolute Gasteiger partial charge is 0.437 e. The molecule has 0 bridgehead atoms. The van der Waals surface area contributed by atoms with Crippen molar-refractivity contribution in [2.75, 3.05) is 23.7 Å².